The van der Waals surface area contributed by atoms with Crippen LogP contribution in [0.1, 0.15) is 51.4 Å². The van der Waals surface area contributed by atoms with Crippen molar-refractivity contribution in [3.05, 3.63) is 0 Å². The van der Waals surface area contributed by atoms with Gasteiger partial charge in [-0.15, -0.1) is 0 Å². The van der Waals surface area contributed by atoms with Gasteiger partial charge in [-0.3, -0.25) is 9.59 Å². The van der Waals surface area contributed by atoms with Crippen LogP contribution in [0.3, 0.4) is 0 Å². The van der Waals surface area contributed by atoms with Crippen molar-refractivity contribution >= 4 is 11.9 Å². The minimum Gasteiger partial charge on any atom is -0.469 e. The van der Waals surface area contributed by atoms with Crippen molar-refractivity contribution in [2.45, 2.75) is 143 Å². The number of carbonyl (C=O) groups excluding carboxylic acids is 2. The van der Waals surface area contributed by atoms with Crippen molar-refractivity contribution in [1.82, 2.24) is 0 Å². The third-order valence-electron chi connectivity index (χ3n) is 10.1. The highest BCUT2D eigenvalue weighted by Crippen LogP contribution is 2.42. The topological polar surface area (TPSA) is 264 Å². The maximum atomic E-state index is 12.2. The SMILES string of the molecule is COC(=O)CC(=O)OCC1OC(OC2CC3C(O)CC(O)CC3[OH+]C2C2CCC(O)CC2)C(OC2OCC(O)C(O)C2O)C(O)C1O. The van der Waals surface area contributed by atoms with Crippen molar-refractivity contribution in [3.8, 4) is 0 Å². The van der Waals surface area contributed by atoms with E-state index >= 15 is 0 Å². The molecule has 17 nitrogen and oxygen atoms in total. The summed E-state index contributed by atoms with van der Waals surface area (Å²) in [4.78, 5) is 23.6. The Hall–Kier alpha value is -1.58. The van der Waals surface area contributed by atoms with Gasteiger partial charge in [0.25, 0.3) is 0 Å². The van der Waals surface area contributed by atoms with E-state index in [-0.39, 0.29) is 24.4 Å². The Balaban J connectivity index is 1.38. The molecule has 2 saturated carbocycles. The van der Waals surface area contributed by atoms with Crippen molar-refractivity contribution in [1.29, 1.82) is 0 Å². The van der Waals surface area contributed by atoms with E-state index in [1.165, 1.54) is 0 Å². The molecule has 0 radical (unpaired) electrons. The summed E-state index contributed by atoms with van der Waals surface area (Å²) in [5.74, 6) is -2.18. The van der Waals surface area contributed by atoms with Crippen molar-refractivity contribution < 1.29 is 83.6 Å². The first-order valence-electron chi connectivity index (χ1n) is 16.3. The average molecular weight is 682 g/mol. The summed E-state index contributed by atoms with van der Waals surface area (Å²) in [5.41, 5.74) is 0. The van der Waals surface area contributed by atoms with Crippen LogP contribution in [0.25, 0.3) is 0 Å². The zero-order chi connectivity index (χ0) is 34.0. The normalized spacial score (nSPS) is 47.5. The van der Waals surface area contributed by atoms with E-state index in [1.54, 1.807) is 0 Å². The molecule has 3 heterocycles. The van der Waals surface area contributed by atoms with E-state index in [9.17, 15) is 50.4 Å². The highest BCUT2D eigenvalue weighted by atomic mass is 16.8. The molecule has 0 bridgehead atoms. The molecule has 17 heteroatoms. The Bertz CT molecular complexity index is 1040. The number of carbonyl (C=O) groups is 2. The lowest BCUT2D eigenvalue weighted by molar-refractivity contribution is -0.381. The second-order valence-corrected chi connectivity index (χ2v) is 13.4. The molecule has 0 spiro atoms. The molecule has 15 unspecified atom stereocenters. The Morgan fingerprint density at radius 2 is 1.49 bits per heavy atom. The lowest BCUT2D eigenvalue weighted by atomic mass is 9.73. The molecule has 5 aliphatic rings. The highest BCUT2D eigenvalue weighted by molar-refractivity contribution is 5.91. The maximum absolute atomic E-state index is 12.2. The molecule has 9 N–H and O–H groups in total. The molecule has 15 atom stereocenters. The lowest BCUT2D eigenvalue weighted by Crippen LogP contribution is -2.65. The number of fused-ring (bicyclic) bond motifs is 1. The summed E-state index contributed by atoms with van der Waals surface area (Å²) in [6.07, 6.45) is -15.2. The summed E-state index contributed by atoms with van der Waals surface area (Å²) in [7, 11) is 1.10. The second kappa shape index (κ2) is 16.0. The first-order chi connectivity index (χ1) is 22.4. The van der Waals surface area contributed by atoms with Crippen molar-refractivity contribution in [2.24, 2.45) is 11.8 Å². The van der Waals surface area contributed by atoms with Gasteiger partial charge >= 0.3 is 11.9 Å². The van der Waals surface area contributed by atoms with Gasteiger partial charge in [-0.1, -0.05) is 0 Å². The molecular weight excluding hydrogens is 632 g/mol. The van der Waals surface area contributed by atoms with Gasteiger partial charge in [0.2, 0.25) is 0 Å². The Morgan fingerprint density at radius 1 is 0.766 bits per heavy atom. The van der Waals surface area contributed by atoms with E-state index in [4.69, 9.17) is 28.4 Å². The number of hydrogen-bond donors (Lipinski definition) is 8. The van der Waals surface area contributed by atoms with Crippen LogP contribution in [-0.2, 0) is 38.0 Å². The van der Waals surface area contributed by atoms with Crippen LogP contribution in [-0.4, -0.2) is 170 Å². The average Bonchev–Trinajstić information content (AvgIpc) is 3.04. The number of methoxy groups -OCH3 is 1. The van der Waals surface area contributed by atoms with Crippen LogP contribution in [0.15, 0.2) is 0 Å². The lowest BCUT2D eigenvalue weighted by Gasteiger charge is -2.49. The zero-order valence-corrected chi connectivity index (χ0v) is 26.2. The van der Waals surface area contributed by atoms with Crippen LogP contribution in [0.4, 0.5) is 0 Å². The summed E-state index contributed by atoms with van der Waals surface area (Å²) in [6, 6.07) is 0. The minimum absolute atomic E-state index is 0.0192. The van der Waals surface area contributed by atoms with Crippen molar-refractivity contribution in [2.75, 3.05) is 20.3 Å². The Kier molecular flexibility index (Phi) is 12.5. The molecule has 2 aliphatic carbocycles. The summed E-state index contributed by atoms with van der Waals surface area (Å²) < 4.78 is 38.4. The van der Waals surface area contributed by atoms with Crippen LogP contribution in [0.2, 0.25) is 0 Å². The fraction of sp³-hybridized carbons (Fsp3) is 0.933. The van der Waals surface area contributed by atoms with Crippen LogP contribution < -0.4 is 0 Å². The molecule has 270 valence electrons. The third kappa shape index (κ3) is 8.60. The fourth-order valence-corrected chi connectivity index (χ4v) is 7.41. The van der Waals surface area contributed by atoms with Gasteiger partial charge in [0.15, 0.2) is 24.8 Å². The van der Waals surface area contributed by atoms with E-state index < -0.39 is 117 Å². The highest BCUT2D eigenvalue weighted by Gasteiger charge is 2.55. The largest absolute Gasteiger partial charge is 0.469 e. The molecule has 5 rings (SSSR count). The number of aliphatic hydroxyl groups is 10. The quantitative estimate of drug-likeness (QED) is 0.0657. The molecule has 0 amide bonds. The molecule has 0 aromatic carbocycles. The molecule has 47 heavy (non-hydrogen) atoms. The predicted molar refractivity (Wildman–Crippen MR) is 153 cm³/mol. The van der Waals surface area contributed by atoms with Gasteiger partial charge in [-0.2, -0.15) is 0 Å². The monoisotopic (exact) mass is 681 g/mol. The maximum Gasteiger partial charge on any atom is 0.317 e. The van der Waals surface area contributed by atoms with E-state index in [0.717, 1.165) is 7.11 Å². The number of rotatable bonds is 9. The molecule has 3 saturated heterocycles. The van der Waals surface area contributed by atoms with Crippen LogP contribution >= 0.6 is 0 Å². The van der Waals surface area contributed by atoms with E-state index in [1.807, 2.05) is 0 Å². The van der Waals surface area contributed by atoms with E-state index in [0.29, 0.717) is 38.5 Å². The molecule has 0 aromatic heterocycles. The van der Waals surface area contributed by atoms with Crippen molar-refractivity contribution in [3.63, 3.8) is 0 Å². The molecular formula is C30H49O17+. The Labute approximate surface area is 271 Å². The first-order valence-corrected chi connectivity index (χ1v) is 16.3. The van der Waals surface area contributed by atoms with Crippen LogP contribution in [0.5, 0.6) is 0 Å². The smallest absolute Gasteiger partial charge is 0.317 e. The molecule has 3 aliphatic heterocycles. The number of esters is 2. The summed E-state index contributed by atoms with van der Waals surface area (Å²) in [5, 5.41) is 84.3. The van der Waals surface area contributed by atoms with E-state index in [2.05, 4.69) is 4.74 Å². The first kappa shape index (κ1) is 36.7. The number of aliphatic hydroxyl groups excluding tert-OH is 8. The summed E-state index contributed by atoms with van der Waals surface area (Å²) >= 11 is 0. The van der Waals surface area contributed by atoms with Gasteiger partial charge < -0.3 is 74.0 Å². The van der Waals surface area contributed by atoms with Gasteiger partial charge in [-0.25, -0.2) is 0 Å². The second-order valence-electron chi connectivity index (χ2n) is 13.4. The zero-order valence-electron chi connectivity index (χ0n) is 26.2. The Morgan fingerprint density at radius 3 is 2.19 bits per heavy atom. The fourth-order valence-electron chi connectivity index (χ4n) is 7.41. The minimum atomic E-state index is -1.77. The number of hydrogen-bond acceptors (Lipinski definition) is 16. The van der Waals surface area contributed by atoms with Gasteiger partial charge in [-0.05, 0) is 32.1 Å². The summed E-state index contributed by atoms with van der Waals surface area (Å²) in [6.45, 7) is -0.988. The number of ether oxygens (including phenoxy) is 7. The molecule has 0 aromatic rings. The third-order valence-corrected chi connectivity index (χ3v) is 10.1. The molecule has 5 fully saturated rings. The van der Waals surface area contributed by atoms with Gasteiger partial charge in [0.1, 0.15) is 61.9 Å². The van der Waals surface area contributed by atoms with Gasteiger partial charge in [0, 0.05) is 18.8 Å². The van der Waals surface area contributed by atoms with Gasteiger partial charge in [0.05, 0.1) is 37.9 Å². The standard InChI is InChI=1S/C30H48O17/c1-41-21(35)9-22(36)42-11-20-24(38)25(39)28(47-29-26(40)23(37)17(34)10-43-29)30(46-20)45-19-8-15-16(33)6-14(32)7-18(15)44-27(19)12-2-4-13(31)5-3-12/h12-20,23-34,37-40H,2-11H2,1H3/p+1. The predicted octanol–water partition coefficient (Wildman–Crippen LogP) is -3.90. The van der Waals surface area contributed by atoms with Crippen LogP contribution in [0, 0.1) is 11.8 Å².